The summed E-state index contributed by atoms with van der Waals surface area (Å²) in [7, 11) is 0. The molecule has 0 saturated carbocycles. The molecule has 0 radical (unpaired) electrons. The second-order valence-electron chi connectivity index (χ2n) is 3.90. The molecule has 0 aliphatic heterocycles. The zero-order valence-corrected chi connectivity index (χ0v) is 11.4. The van der Waals surface area contributed by atoms with Crippen LogP contribution in [0.5, 0.6) is 0 Å². The number of nitrogens with two attached hydrogens (primary N) is 1. The van der Waals surface area contributed by atoms with Crippen molar-refractivity contribution < 1.29 is 4.79 Å². The molecule has 1 heterocycles. The first-order chi connectivity index (χ1) is 8.56. The number of halogens is 1. The topological polar surface area (TPSA) is 68.0 Å². The molecule has 92 valence electrons. The van der Waals surface area contributed by atoms with Crippen molar-refractivity contribution in [2.75, 3.05) is 11.1 Å². The summed E-state index contributed by atoms with van der Waals surface area (Å²) >= 11 is 3.24. The molecule has 18 heavy (non-hydrogen) atoms. The lowest BCUT2D eigenvalue weighted by molar-refractivity contribution is 0.102. The molecule has 0 atom stereocenters. The molecular weight excluding hydrogens is 294 g/mol. The van der Waals surface area contributed by atoms with Crippen molar-refractivity contribution in [2.24, 2.45) is 0 Å². The van der Waals surface area contributed by atoms with Gasteiger partial charge in [0.15, 0.2) is 0 Å². The summed E-state index contributed by atoms with van der Waals surface area (Å²) in [6, 6.07) is 8.80. The Morgan fingerprint density at radius 2 is 2.11 bits per heavy atom. The zero-order chi connectivity index (χ0) is 13.1. The summed E-state index contributed by atoms with van der Waals surface area (Å²) < 4.78 is 0.723. The van der Waals surface area contributed by atoms with Crippen LogP contribution < -0.4 is 11.1 Å². The van der Waals surface area contributed by atoms with Gasteiger partial charge in [0.25, 0.3) is 5.91 Å². The minimum atomic E-state index is -0.191. The molecule has 0 bridgehead atoms. The second kappa shape index (κ2) is 5.18. The van der Waals surface area contributed by atoms with E-state index in [4.69, 9.17) is 5.73 Å². The van der Waals surface area contributed by atoms with Gasteiger partial charge in [-0.1, -0.05) is 6.07 Å². The highest BCUT2D eigenvalue weighted by molar-refractivity contribution is 9.10. The Bertz CT molecular complexity index is 581. The Morgan fingerprint density at radius 1 is 1.33 bits per heavy atom. The third kappa shape index (κ3) is 2.87. The van der Waals surface area contributed by atoms with E-state index in [0.29, 0.717) is 16.9 Å². The van der Waals surface area contributed by atoms with Gasteiger partial charge in [-0.3, -0.25) is 4.79 Å². The number of carbonyl (C=O) groups excluding carboxylic acids is 1. The molecule has 0 aliphatic rings. The summed E-state index contributed by atoms with van der Waals surface area (Å²) in [5, 5.41) is 2.78. The van der Waals surface area contributed by atoms with Crippen molar-refractivity contribution in [3.05, 3.63) is 52.3 Å². The van der Waals surface area contributed by atoms with Crippen LogP contribution in [0.25, 0.3) is 0 Å². The van der Waals surface area contributed by atoms with Crippen molar-refractivity contribution in [3.8, 4) is 0 Å². The number of aromatic nitrogens is 1. The van der Waals surface area contributed by atoms with Crippen LogP contribution in [0.4, 0.5) is 11.4 Å². The molecule has 0 saturated heterocycles. The number of aryl methyl sites for hydroxylation is 1. The van der Waals surface area contributed by atoms with Crippen molar-refractivity contribution >= 4 is 33.2 Å². The number of hydrogen-bond donors (Lipinski definition) is 2. The van der Waals surface area contributed by atoms with E-state index < -0.39 is 0 Å². The van der Waals surface area contributed by atoms with E-state index in [0.717, 1.165) is 10.2 Å². The van der Waals surface area contributed by atoms with Crippen molar-refractivity contribution in [2.45, 2.75) is 6.92 Å². The van der Waals surface area contributed by atoms with Crippen molar-refractivity contribution in [1.82, 2.24) is 4.98 Å². The molecule has 0 spiro atoms. The van der Waals surface area contributed by atoms with Crippen LogP contribution in [0, 0.1) is 6.92 Å². The number of anilines is 2. The molecule has 1 aromatic heterocycles. The summed E-state index contributed by atoms with van der Waals surface area (Å²) in [6.45, 7) is 1.87. The van der Waals surface area contributed by atoms with Gasteiger partial charge in [0, 0.05) is 11.3 Å². The van der Waals surface area contributed by atoms with E-state index in [1.165, 1.54) is 0 Å². The van der Waals surface area contributed by atoms with Gasteiger partial charge in [-0.25, -0.2) is 4.98 Å². The monoisotopic (exact) mass is 305 g/mol. The maximum Gasteiger partial charge on any atom is 0.256 e. The number of nitrogen functional groups attached to an aromatic ring is 1. The summed E-state index contributed by atoms with van der Waals surface area (Å²) in [4.78, 5) is 16.1. The van der Waals surface area contributed by atoms with Gasteiger partial charge in [-0.2, -0.15) is 0 Å². The van der Waals surface area contributed by atoms with Crippen LogP contribution in [0.3, 0.4) is 0 Å². The number of benzene rings is 1. The first kappa shape index (κ1) is 12.6. The average molecular weight is 306 g/mol. The fraction of sp³-hybridized carbons (Fsp3) is 0.0769. The van der Waals surface area contributed by atoms with Crippen molar-refractivity contribution in [1.29, 1.82) is 0 Å². The maximum atomic E-state index is 12.1. The van der Waals surface area contributed by atoms with Crippen molar-refractivity contribution in [3.63, 3.8) is 0 Å². The van der Waals surface area contributed by atoms with Gasteiger partial charge in [0.2, 0.25) is 0 Å². The third-order valence-electron chi connectivity index (χ3n) is 2.49. The highest BCUT2D eigenvalue weighted by atomic mass is 79.9. The highest BCUT2D eigenvalue weighted by Crippen LogP contribution is 2.16. The van der Waals surface area contributed by atoms with Crippen LogP contribution in [0.1, 0.15) is 15.9 Å². The number of amides is 1. The van der Waals surface area contributed by atoms with Crippen LogP contribution >= 0.6 is 15.9 Å². The van der Waals surface area contributed by atoms with E-state index in [2.05, 4.69) is 26.2 Å². The van der Waals surface area contributed by atoms with Gasteiger partial charge in [0.1, 0.15) is 4.60 Å². The molecule has 4 nitrogen and oxygen atoms in total. The molecule has 1 amide bonds. The van der Waals surface area contributed by atoms with Gasteiger partial charge in [-0.05, 0) is 52.7 Å². The molecule has 0 unspecified atom stereocenters. The van der Waals surface area contributed by atoms with E-state index >= 15 is 0 Å². The Balaban J connectivity index is 2.21. The fourth-order valence-electron chi connectivity index (χ4n) is 1.53. The Hall–Kier alpha value is -1.88. The van der Waals surface area contributed by atoms with E-state index in [-0.39, 0.29) is 5.91 Å². The Labute approximate surface area is 113 Å². The van der Waals surface area contributed by atoms with Gasteiger partial charge < -0.3 is 11.1 Å². The normalized spacial score (nSPS) is 10.1. The summed E-state index contributed by atoms with van der Waals surface area (Å²) in [5.41, 5.74) is 8.34. The summed E-state index contributed by atoms with van der Waals surface area (Å²) in [6.07, 6.45) is 1.59. The summed E-state index contributed by atoms with van der Waals surface area (Å²) in [5.74, 6) is -0.191. The van der Waals surface area contributed by atoms with Crippen LogP contribution in [-0.2, 0) is 0 Å². The average Bonchev–Trinajstić information content (AvgIpc) is 2.35. The molecule has 0 fully saturated rings. The minimum Gasteiger partial charge on any atom is -0.399 e. The predicted octanol–water partition coefficient (Wildman–Crippen LogP) is 2.99. The molecule has 0 aliphatic carbocycles. The lowest BCUT2D eigenvalue weighted by atomic mass is 10.1. The maximum absolute atomic E-state index is 12.1. The molecular formula is C13H12BrN3O. The second-order valence-corrected chi connectivity index (χ2v) is 4.71. The zero-order valence-electron chi connectivity index (χ0n) is 9.77. The number of rotatable bonds is 2. The Kier molecular flexibility index (Phi) is 3.62. The first-order valence-electron chi connectivity index (χ1n) is 5.35. The molecule has 3 N–H and O–H groups in total. The lowest BCUT2D eigenvalue weighted by Crippen LogP contribution is -2.13. The Morgan fingerprint density at radius 3 is 2.78 bits per heavy atom. The van der Waals surface area contributed by atoms with Gasteiger partial charge in [0.05, 0.1) is 11.9 Å². The van der Waals surface area contributed by atoms with Crippen LogP contribution in [0.15, 0.2) is 41.1 Å². The van der Waals surface area contributed by atoms with E-state index in [1.807, 2.05) is 13.0 Å². The van der Waals surface area contributed by atoms with E-state index in [1.54, 1.807) is 30.5 Å². The molecule has 2 rings (SSSR count). The number of nitrogens with one attached hydrogen (secondary N) is 1. The molecule has 1 aromatic carbocycles. The number of carbonyl (C=O) groups is 1. The van der Waals surface area contributed by atoms with E-state index in [9.17, 15) is 4.79 Å². The molecule has 2 aromatic rings. The SMILES string of the molecule is Cc1ccc(N)cc1C(=O)Nc1ccc(Br)nc1. The minimum absolute atomic E-state index is 0.191. The quantitative estimate of drug-likeness (QED) is 0.662. The standard InChI is InChI=1S/C13H12BrN3O/c1-8-2-3-9(15)6-11(8)13(18)17-10-4-5-12(14)16-7-10/h2-7H,15H2,1H3,(H,17,18). The third-order valence-corrected chi connectivity index (χ3v) is 2.96. The van der Waals surface area contributed by atoms with Gasteiger partial charge in [-0.15, -0.1) is 0 Å². The van der Waals surface area contributed by atoms with Crippen LogP contribution in [0.2, 0.25) is 0 Å². The largest absolute Gasteiger partial charge is 0.399 e. The smallest absolute Gasteiger partial charge is 0.256 e. The fourth-order valence-corrected chi connectivity index (χ4v) is 1.77. The number of nitrogens with zero attached hydrogens (tertiary/aromatic N) is 1. The highest BCUT2D eigenvalue weighted by Gasteiger charge is 2.09. The number of pyridine rings is 1. The van der Waals surface area contributed by atoms with Crippen LogP contribution in [-0.4, -0.2) is 10.9 Å². The van der Waals surface area contributed by atoms with Gasteiger partial charge >= 0.3 is 0 Å². The molecule has 5 heteroatoms. The lowest BCUT2D eigenvalue weighted by Gasteiger charge is -2.08. The predicted molar refractivity (Wildman–Crippen MR) is 75.5 cm³/mol. The first-order valence-corrected chi connectivity index (χ1v) is 6.14. The number of hydrogen-bond acceptors (Lipinski definition) is 3.